The number of hydrogen-bond acceptors (Lipinski definition) is 6. The molecular weight excluding hydrogens is 420 g/mol. The van der Waals surface area contributed by atoms with Crippen molar-refractivity contribution in [3.8, 4) is 17.6 Å². The first kappa shape index (κ1) is 15.5. The molecular formula is C10H5Br2F2N5O2. The van der Waals surface area contributed by atoms with E-state index in [0.717, 1.165) is 0 Å². The third-order valence-electron chi connectivity index (χ3n) is 2.23. The lowest BCUT2D eigenvalue weighted by Crippen LogP contribution is -2.26. The zero-order valence-electron chi connectivity index (χ0n) is 9.88. The Bertz CT molecular complexity index is 702. The molecule has 1 aliphatic heterocycles. The Morgan fingerprint density at radius 3 is 2.71 bits per heavy atom. The normalized spacial score (nSPS) is 15.5. The van der Waals surface area contributed by atoms with Crippen molar-refractivity contribution in [1.82, 2.24) is 0 Å². The number of fused-ring (bicyclic) bond motifs is 1. The van der Waals surface area contributed by atoms with Crippen LogP contribution in [0.2, 0.25) is 0 Å². The van der Waals surface area contributed by atoms with Crippen LogP contribution in [0.5, 0.6) is 11.5 Å². The predicted molar refractivity (Wildman–Crippen MR) is 76.6 cm³/mol. The maximum atomic E-state index is 13.0. The van der Waals surface area contributed by atoms with E-state index in [9.17, 15) is 8.78 Å². The van der Waals surface area contributed by atoms with Gasteiger partial charge in [0.25, 0.3) is 0 Å². The van der Waals surface area contributed by atoms with E-state index in [-0.39, 0.29) is 27.4 Å². The molecule has 0 aliphatic carbocycles. The molecule has 0 amide bonds. The molecule has 7 nitrogen and oxygen atoms in total. The number of benzene rings is 1. The maximum absolute atomic E-state index is 13.0. The Balaban J connectivity index is 2.40. The molecule has 1 heterocycles. The first-order chi connectivity index (χ1) is 9.75. The highest BCUT2D eigenvalue weighted by Crippen LogP contribution is 2.51. The van der Waals surface area contributed by atoms with Crippen LogP contribution >= 0.6 is 31.9 Å². The number of nitrogens with one attached hydrogen (secondary N) is 2. The summed E-state index contributed by atoms with van der Waals surface area (Å²) in [6, 6.07) is 2.86. The molecule has 21 heavy (non-hydrogen) atoms. The molecule has 0 atom stereocenters. The molecule has 0 unspecified atom stereocenters. The number of ether oxygens (including phenoxy) is 2. The molecule has 0 saturated carbocycles. The molecule has 0 bridgehead atoms. The standard InChI is InChI=1S/C10H5Br2F2N5O2/c11-3-1-5-8(21-10(13,14)20-5)6(12)7(3)19-18-4(2-15)9(16)17/h1,19H,(H3,16,17)/b18-4+. The Kier molecular flexibility index (Phi) is 4.02. The second-order valence-corrected chi connectivity index (χ2v) is 5.29. The highest BCUT2D eigenvalue weighted by Gasteiger charge is 2.45. The summed E-state index contributed by atoms with van der Waals surface area (Å²) in [5.74, 6) is -0.924. The number of nitrogens with two attached hydrogens (primary N) is 1. The molecule has 0 saturated heterocycles. The summed E-state index contributed by atoms with van der Waals surface area (Å²) in [6.07, 6.45) is -3.76. The van der Waals surface area contributed by atoms with Crippen molar-refractivity contribution in [1.29, 1.82) is 10.7 Å². The zero-order valence-corrected chi connectivity index (χ0v) is 13.0. The highest BCUT2D eigenvalue weighted by atomic mass is 79.9. The first-order valence-corrected chi connectivity index (χ1v) is 6.70. The van der Waals surface area contributed by atoms with Gasteiger partial charge in [0.1, 0.15) is 6.07 Å². The van der Waals surface area contributed by atoms with Gasteiger partial charge in [0.15, 0.2) is 17.3 Å². The number of hydrogen-bond donors (Lipinski definition) is 3. The van der Waals surface area contributed by atoms with Crippen molar-refractivity contribution in [2.75, 3.05) is 5.43 Å². The van der Waals surface area contributed by atoms with Crippen molar-refractivity contribution in [3.05, 3.63) is 15.0 Å². The fraction of sp³-hybridized carbons (Fsp3) is 0.100. The number of anilines is 1. The van der Waals surface area contributed by atoms with Crippen molar-refractivity contribution in [3.63, 3.8) is 0 Å². The third-order valence-corrected chi connectivity index (χ3v) is 3.61. The van der Waals surface area contributed by atoms with Gasteiger partial charge >= 0.3 is 6.29 Å². The van der Waals surface area contributed by atoms with Gasteiger partial charge in [-0.3, -0.25) is 10.8 Å². The quantitative estimate of drug-likeness (QED) is 0.392. The Labute approximate surface area is 133 Å². The van der Waals surface area contributed by atoms with Crippen molar-refractivity contribution in [2.24, 2.45) is 10.8 Å². The van der Waals surface area contributed by atoms with Crippen LogP contribution < -0.4 is 20.6 Å². The number of amidine groups is 1. The van der Waals surface area contributed by atoms with E-state index < -0.39 is 12.1 Å². The van der Waals surface area contributed by atoms with Gasteiger partial charge in [0.05, 0.1) is 10.2 Å². The molecule has 1 aliphatic rings. The van der Waals surface area contributed by atoms with Crippen LogP contribution in [0.3, 0.4) is 0 Å². The first-order valence-electron chi connectivity index (χ1n) is 5.11. The molecule has 1 aromatic rings. The summed E-state index contributed by atoms with van der Waals surface area (Å²) < 4.78 is 35.2. The van der Waals surface area contributed by atoms with Gasteiger partial charge in [0.2, 0.25) is 5.71 Å². The monoisotopic (exact) mass is 423 g/mol. The van der Waals surface area contributed by atoms with Gasteiger partial charge in [-0.25, -0.2) is 0 Å². The third kappa shape index (κ3) is 3.06. The van der Waals surface area contributed by atoms with E-state index >= 15 is 0 Å². The summed E-state index contributed by atoms with van der Waals surface area (Å²) in [5.41, 5.74) is 7.41. The summed E-state index contributed by atoms with van der Waals surface area (Å²) in [4.78, 5) is 0. The summed E-state index contributed by atoms with van der Waals surface area (Å²) in [5, 5.41) is 19.5. The zero-order chi connectivity index (χ0) is 15.8. The largest absolute Gasteiger partial charge is 0.586 e. The Hall–Kier alpha value is -1.93. The van der Waals surface area contributed by atoms with Crippen LogP contribution in [0.4, 0.5) is 14.5 Å². The van der Waals surface area contributed by atoms with Crippen LogP contribution in [0.15, 0.2) is 20.1 Å². The lowest BCUT2D eigenvalue weighted by atomic mass is 10.3. The van der Waals surface area contributed by atoms with E-state index in [1.54, 1.807) is 6.07 Å². The van der Waals surface area contributed by atoms with Crippen LogP contribution in [0, 0.1) is 16.7 Å². The summed E-state index contributed by atoms with van der Waals surface area (Å²) >= 11 is 6.21. The number of rotatable bonds is 3. The van der Waals surface area contributed by atoms with E-state index in [1.807, 2.05) is 0 Å². The van der Waals surface area contributed by atoms with Gasteiger partial charge < -0.3 is 15.2 Å². The van der Waals surface area contributed by atoms with Gasteiger partial charge in [-0.05, 0) is 31.9 Å². The Morgan fingerprint density at radius 2 is 2.14 bits per heavy atom. The maximum Gasteiger partial charge on any atom is 0.586 e. The van der Waals surface area contributed by atoms with Crippen LogP contribution in [0.1, 0.15) is 0 Å². The molecule has 0 fully saturated rings. The molecule has 11 heteroatoms. The van der Waals surface area contributed by atoms with Crippen LogP contribution in [-0.2, 0) is 0 Å². The van der Waals surface area contributed by atoms with Crippen LogP contribution in [-0.4, -0.2) is 17.8 Å². The molecule has 1 aromatic carbocycles. The molecule has 4 N–H and O–H groups in total. The molecule has 110 valence electrons. The smallest absolute Gasteiger partial charge is 0.395 e. The highest BCUT2D eigenvalue weighted by molar-refractivity contribution is 9.11. The number of halogens is 4. The minimum absolute atomic E-state index is 0.105. The number of nitriles is 1. The molecule has 0 radical (unpaired) electrons. The number of alkyl halides is 2. The van der Waals surface area contributed by atoms with Crippen molar-refractivity contribution in [2.45, 2.75) is 6.29 Å². The summed E-state index contributed by atoms with van der Waals surface area (Å²) in [7, 11) is 0. The van der Waals surface area contributed by atoms with Crippen LogP contribution in [0.25, 0.3) is 0 Å². The number of hydrazone groups is 1. The lowest BCUT2D eigenvalue weighted by Gasteiger charge is -2.09. The number of nitrogens with zero attached hydrogens (tertiary/aromatic N) is 2. The fourth-order valence-electron chi connectivity index (χ4n) is 1.38. The topological polar surface area (TPSA) is 117 Å². The average molecular weight is 425 g/mol. The minimum Gasteiger partial charge on any atom is -0.395 e. The van der Waals surface area contributed by atoms with E-state index in [4.69, 9.17) is 16.4 Å². The second kappa shape index (κ2) is 5.45. The molecule has 0 aromatic heterocycles. The van der Waals surface area contributed by atoms with Gasteiger partial charge in [0, 0.05) is 10.5 Å². The second-order valence-electron chi connectivity index (χ2n) is 3.64. The molecule has 0 spiro atoms. The van der Waals surface area contributed by atoms with Gasteiger partial charge in [-0.1, -0.05) is 0 Å². The predicted octanol–water partition coefficient (Wildman–Crippen LogP) is 2.76. The van der Waals surface area contributed by atoms with E-state index in [1.165, 1.54) is 6.07 Å². The SMILES string of the molecule is N#C/C(=N\Nc1c(Br)cc2c(c1Br)OC(F)(F)O2)C(=N)N. The van der Waals surface area contributed by atoms with E-state index in [2.05, 4.69) is 51.9 Å². The fourth-order valence-corrected chi connectivity index (χ4v) is 2.72. The van der Waals surface area contributed by atoms with Crippen molar-refractivity contribution >= 4 is 49.1 Å². The van der Waals surface area contributed by atoms with Gasteiger partial charge in [-0.15, -0.1) is 8.78 Å². The minimum atomic E-state index is -3.76. The van der Waals surface area contributed by atoms with Gasteiger partial charge in [-0.2, -0.15) is 10.4 Å². The Morgan fingerprint density at radius 1 is 1.48 bits per heavy atom. The summed E-state index contributed by atoms with van der Waals surface area (Å²) in [6.45, 7) is 0. The lowest BCUT2D eigenvalue weighted by molar-refractivity contribution is -0.286. The average Bonchev–Trinajstić information content (AvgIpc) is 2.68. The molecule has 2 rings (SSSR count). The van der Waals surface area contributed by atoms with Crippen molar-refractivity contribution < 1.29 is 18.3 Å². The van der Waals surface area contributed by atoms with E-state index in [0.29, 0.717) is 4.47 Å².